The van der Waals surface area contributed by atoms with E-state index in [-0.39, 0.29) is 12.7 Å². The van der Waals surface area contributed by atoms with Gasteiger partial charge in [0.15, 0.2) is 0 Å². The van der Waals surface area contributed by atoms with Crippen molar-refractivity contribution in [2.75, 3.05) is 6.61 Å². The zero-order chi connectivity index (χ0) is 10.4. The lowest BCUT2D eigenvalue weighted by molar-refractivity contribution is 0.114. The summed E-state index contributed by atoms with van der Waals surface area (Å²) in [5.74, 6) is 0. The van der Waals surface area contributed by atoms with Gasteiger partial charge in [-0.05, 0) is 45.4 Å². The molecule has 1 rings (SSSR count). The zero-order valence-electron chi connectivity index (χ0n) is 9.08. The van der Waals surface area contributed by atoms with Gasteiger partial charge in [-0.2, -0.15) is 0 Å². The van der Waals surface area contributed by atoms with Gasteiger partial charge in [0, 0.05) is 18.7 Å². The van der Waals surface area contributed by atoms with E-state index in [2.05, 4.69) is 12.2 Å². The largest absolute Gasteiger partial charge is 0.396 e. The summed E-state index contributed by atoms with van der Waals surface area (Å²) in [6.07, 6.45) is 5.89. The van der Waals surface area contributed by atoms with Gasteiger partial charge in [0.05, 0.1) is 6.10 Å². The van der Waals surface area contributed by atoms with E-state index in [4.69, 9.17) is 5.11 Å². The molecule has 0 saturated heterocycles. The van der Waals surface area contributed by atoms with Crippen LogP contribution in [-0.4, -0.2) is 35.0 Å². The Balaban J connectivity index is 2.10. The number of nitrogens with one attached hydrogen (secondary N) is 1. The molecule has 1 saturated carbocycles. The second-order valence-corrected chi connectivity index (χ2v) is 4.44. The van der Waals surface area contributed by atoms with Crippen LogP contribution < -0.4 is 5.32 Å². The standard InChI is InChI=1S/C11H23NO2/c1-9(3-2-8-13)12-10-4-6-11(14)7-5-10/h9-14H,2-8H2,1H3. The van der Waals surface area contributed by atoms with Gasteiger partial charge in [0.25, 0.3) is 0 Å². The minimum absolute atomic E-state index is 0.0687. The Morgan fingerprint density at radius 2 is 1.93 bits per heavy atom. The maximum absolute atomic E-state index is 9.34. The van der Waals surface area contributed by atoms with Crippen molar-refractivity contribution in [3.05, 3.63) is 0 Å². The van der Waals surface area contributed by atoms with Crippen LogP contribution in [0.3, 0.4) is 0 Å². The third-order valence-corrected chi connectivity index (χ3v) is 3.01. The summed E-state index contributed by atoms with van der Waals surface area (Å²) in [6.45, 7) is 2.45. The predicted molar refractivity (Wildman–Crippen MR) is 57.2 cm³/mol. The number of hydrogen-bond acceptors (Lipinski definition) is 3. The first-order valence-electron chi connectivity index (χ1n) is 5.77. The maximum Gasteiger partial charge on any atom is 0.0541 e. The van der Waals surface area contributed by atoms with E-state index in [1.165, 1.54) is 0 Å². The molecule has 1 fully saturated rings. The molecular weight excluding hydrogens is 178 g/mol. The molecule has 0 aliphatic heterocycles. The average Bonchev–Trinajstić information content (AvgIpc) is 2.18. The summed E-state index contributed by atoms with van der Waals surface area (Å²) in [5.41, 5.74) is 0. The molecule has 3 nitrogen and oxygen atoms in total. The minimum atomic E-state index is -0.0687. The van der Waals surface area contributed by atoms with E-state index in [1.54, 1.807) is 0 Å². The van der Waals surface area contributed by atoms with Crippen LogP contribution in [0, 0.1) is 0 Å². The van der Waals surface area contributed by atoms with Crippen LogP contribution in [0.4, 0.5) is 0 Å². The Morgan fingerprint density at radius 3 is 2.50 bits per heavy atom. The summed E-state index contributed by atoms with van der Waals surface area (Å²) in [7, 11) is 0. The molecular formula is C11H23NO2. The molecule has 0 aromatic carbocycles. The normalized spacial score (nSPS) is 30.2. The van der Waals surface area contributed by atoms with Crippen molar-refractivity contribution in [1.82, 2.24) is 5.32 Å². The molecule has 0 heterocycles. The van der Waals surface area contributed by atoms with E-state index >= 15 is 0 Å². The first-order valence-corrected chi connectivity index (χ1v) is 5.77. The van der Waals surface area contributed by atoms with E-state index in [0.717, 1.165) is 38.5 Å². The summed E-state index contributed by atoms with van der Waals surface area (Å²) < 4.78 is 0. The Kier molecular flexibility index (Phi) is 5.45. The molecule has 0 amide bonds. The van der Waals surface area contributed by atoms with Gasteiger partial charge in [-0.25, -0.2) is 0 Å². The van der Waals surface area contributed by atoms with E-state index < -0.39 is 0 Å². The van der Waals surface area contributed by atoms with Crippen molar-refractivity contribution in [1.29, 1.82) is 0 Å². The van der Waals surface area contributed by atoms with Crippen LogP contribution in [0.25, 0.3) is 0 Å². The topological polar surface area (TPSA) is 52.5 Å². The number of hydrogen-bond donors (Lipinski definition) is 3. The molecule has 1 aliphatic carbocycles. The lowest BCUT2D eigenvalue weighted by atomic mass is 9.92. The molecule has 1 aliphatic rings. The van der Waals surface area contributed by atoms with Gasteiger partial charge in [-0.1, -0.05) is 0 Å². The highest BCUT2D eigenvalue weighted by Gasteiger charge is 2.19. The highest BCUT2D eigenvalue weighted by Crippen LogP contribution is 2.19. The molecule has 3 N–H and O–H groups in total. The summed E-state index contributed by atoms with van der Waals surface area (Å²) in [4.78, 5) is 0. The van der Waals surface area contributed by atoms with E-state index in [0.29, 0.717) is 12.1 Å². The molecule has 84 valence electrons. The number of aliphatic hydroxyl groups excluding tert-OH is 2. The quantitative estimate of drug-likeness (QED) is 0.623. The second kappa shape index (κ2) is 6.38. The molecule has 14 heavy (non-hydrogen) atoms. The Bertz CT molecular complexity index is 144. The lowest BCUT2D eigenvalue weighted by Crippen LogP contribution is -2.39. The smallest absolute Gasteiger partial charge is 0.0541 e. The first kappa shape index (κ1) is 12.0. The third-order valence-electron chi connectivity index (χ3n) is 3.01. The second-order valence-electron chi connectivity index (χ2n) is 4.44. The van der Waals surface area contributed by atoms with E-state index in [9.17, 15) is 5.11 Å². The average molecular weight is 201 g/mol. The Morgan fingerprint density at radius 1 is 1.29 bits per heavy atom. The van der Waals surface area contributed by atoms with Gasteiger partial charge in [-0.15, -0.1) is 0 Å². The maximum atomic E-state index is 9.34. The zero-order valence-corrected chi connectivity index (χ0v) is 9.08. The van der Waals surface area contributed by atoms with Gasteiger partial charge < -0.3 is 15.5 Å². The van der Waals surface area contributed by atoms with Crippen molar-refractivity contribution < 1.29 is 10.2 Å². The van der Waals surface area contributed by atoms with Crippen LogP contribution in [0.15, 0.2) is 0 Å². The van der Waals surface area contributed by atoms with Crippen molar-refractivity contribution >= 4 is 0 Å². The molecule has 3 heteroatoms. The molecule has 0 aromatic heterocycles. The van der Waals surface area contributed by atoms with Gasteiger partial charge in [0.2, 0.25) is 0 Å². The van der Waals surface area contributed by atoms with Gasteiger partial charge in [-0.3, -0.25) is 0 Å². The lowest BCUT2D eigenvalue weighted by Gasteiger charge is -2.29. The fourth-order valence-corrected chi connectivity index (χ4v) is 2.13. The number of rotatable bonds is 5. The summed E-state index contributed by atoms with van der Waals surface area (Å²) in [5, 5.41) is 21.6. The first-order chi connectivity index (χ1) is 6.72. The highest BCUT2D eigenvalue weighted by molar-refractivity contribution is 4.78. The Labute approximate surface area is 86.5 Å². The SMILES string of the molecule is CC(CCCO)NC1CCC(O)CC1. The van der Waals surface area contributed by atoms with Crippen molar-refractivity contribution in [2.45, 2.75) is 63.6 Å². The fourth-order valence-electron chi connectivity index (χ4n) is 2.13. The molecule has 0 radical (unpaired) electrons. The number of aliphatic hydroxyl groups is 2. The van der Waals surface area contributed by atoms with Crippen molar-refractivity contribution in [2.24, 2.45) is 0 Å². The van der Waals surface area contributed by atoms with Crippen molar-refractivity contribution in [3.63, 3.8) is 0 Å². The fraction of sp³-hybridized carbons (Fsp3) is 1.00. The minimum Gasteiger partial charge on any atom is -0.396 e. The van der Waals surface area contributed by atoms with Crippen molar-refractivity contribution in [3.8, 4) is 0 Å². The predicted octanol–water partition coefficient (Wildman–Crippen LogP) is 1.04. The molecule has 0 aromatic rings. The Hall–Kier alpha value is -0.120. The molecule has 1 unspecified atom stereocenters. The highest BCUT2D eigenvalue weighted by atomic mass is 16.3. The monoisotopic (exact) mass is 201 g/mol. The van der Waals surface area contributed by atoms with Gasteiger partial charge in [0.1, 0.15) is 0 Å². The van der Waals surface area contributed by atoms with E-state index in [1.807, 2.05) is 0 Å². The van der Waals surface area contributed by atoms with Crippen LogP contribution in [-0.2, 0) is 0 Å². The van der Waals surface area contributed by atoms with Gasteiger partial charge >= 0.3 is 0 Å². The van der Waals surface area contributed by atoms with Crippen LogP contribution in [0.5, 0.6) is 0 Å². The van der Waals surface area contributed by atoms with Crippen LogP contribution in [0.2, 0.25) is 0 Å². The van der Waals surface area contributed by atoms with Crippen LogP contribution in [0.1, 0.15) is 45.4 Å². The summed E-state index contributed by atoms with van der Waals surface area (Å²) >= 11 is 0. The molecule has 0 bridgehead atoms. The van der Waals surface area contributed by atoms with Crippen LogP contribution >= 0.6 is 0 Å². The molecule has 1 atom stereocenters. The third kappa shape index (κ3) is 4.40. The summed E-state index contributed by atoms with van der Waals surface area (Å²) in [6, 6.07) is 1.06. The molecule has 0 spiro atoms.